The van der Waals surface area contributed by atoms with Crippen molar-refractivity contribution in [3.8, 4) is 0 Å². The minimum atomic E-state index is -4.05. The Balaban J connectivity index is 2.44. The minimum Gasteiger partial charge on any atom is -0.258 e. The van der Waals surface area contributed by atoms with Gasteiger partial charge in [0.05, 0.1) is 9.82 Å². The van der Waals surface area contributed by atoms with Gasteiger partial charge in [-0.25, -0.2) is 12.8 Å². The third kappa shape index (κ3) is 3.40. The molecule has 6 nitrogen and oxygen atoms in total. The van der Waals surface area contributed by atoms with Crippen LogP contribution in [0.15, 0.2) is 41.3 Å². The molecule has 0 aromatic heterocycles. The number of benzene rings is 2. The molecule has 2 aromatic rings. The number of nitro benzene ring substituents is 1. The van der Waals surface area contributed by atoms with Crippen molar-refractivity contribution in [2.45, 2.75) is 18.4 Å². The summed E-state index contributed by atoms with van der Waals surface area (Å²) in [4.78, 5) is 10.1. The Morgan fingerprint density at radius 3 is 2.46 bits per heavy atom. The van der Waals surface area contributed by atoms with E-state index in [0.29, 0.717) is 0 Å². The maximum atomic E-state index is 13.9. The van der Waals surface area contributed by atoms with E-state index in [1.165, 1.54) is 50.4 Å². The molecule has 0 N–H and O–H groups in total. The smallest absolute Gasteiger partial charge is 0.258 e. The zero-order valence-corrected chi connectivity index (χ0v) is 14.4. The summed E-state index contributed by atoms with van der Waals surface area (Å²) in [6.07, 6.45) is 0. The van der Waals surface area contributed by atoms with E-state index in [0.717, 1.165) is 4.31 Å². The molecule has 0 bridgehead atoms. The zero-order valence-electron chi connectivity index (χ0n) is 12.9. The number of nitrogens with zero attached hydrogens (tertiary/aromatic N) is 2. The number of nitro groups is 1. The van der Waals surface area contributed by atoms with E-state index in [1.54, 1.807) is 0 Å². The van der Waals surface area contributed by atoms with E-state index >= 15 is 0 Å². The number of rotatable bonds is 5. The fourth-order valence-electron chi connectivity index (χ4n) is 2.24. The molecule has 0 saturated carbocycles. The third-order valence-electron chi connectivity index (χ3n) is 3.58. The zero-order chi connectivity index (χ0) is 18.1. The average Bonchev–Trinajstić information content (AvgIpc) is 2.50. The van der Waals surface area contributed by atoms with Gasteiger partial charge in [-0.3, -0.25) is 10.1 Å². The van der Waals surface area contributed by atoms with Gasteiger partial charge in [0.2, 0.25) is 10.0 Å². The molecule has 0 aliphatic rings. The average molecular weight is 373 g/mol. The molecule has 0 unspecified atom stereocenters. The summed E-state index contributed by atoms with van der Waals surface area (Å²) in [5.41, 5.74) is -0.240. The molecule has 0 spiro atoms. The van der Waals surface area contributed by atoms with Crippen LogP contribution in [0.1, 0.15) is 11.1 Å². The second kappa shape index (κ2) is 6.84. The van der Waals surface area contributed by atoms with Crippen molar-refractivity contribution in [3.05, 3.63) is 68.5 Å². The van der Waals surface area contributed by atoms with Gasteiger partial charge in [0.1, 0.15) is 5.82 Å². The van der Waals surface area contributed by atoms with Crippen LogP contribution in [0.3, 0.4) is 0 Å². The number of hydrogen-bond acceptors (Lipinski definition) is 4. The predicted octanol–water partition coefficient (Wildman–Crippen LogP) is 3.52. The Labute approximate surface area is 143 Å². The van der Waals surface area contributed by atoms with Crippen LogP contribution in [-0.4, -0.2) is 24.7 Å². The summed E-state index contributed by atoms with van der Waals surface area (Å²) < 4.78 is 40.1. The van der Waals surface area contributed by atoms with E-state index in [2.05, 4.69) is 0 Å². The van der Waals surface area contributed by atoms with E-state index in [4.69, 9.17) is 11.6 Å². The number of hydrogen-bond donors (Lipinski definition) is 0. The van der Waals surface area contributed by atoms with Crippen LogP contribution < -0.4 is 0 Å². The summed E-state index contributed by atoms with van der Waals surface area (Å²) in [5.74, 6) is -0.625. The SMILES string of the molecule is Cc1c([N+](=O)[O-])cccc1S(=O)(=O)N(C)Cc1c(F)cccc1Cl. The van der Waals surface area contributed by atoms with Crippen molar-refractivity contribution in [1.82, 2.24) is 4.31 Å². The molecular formula is C15H14ClFN2O4S. The van der Waals surface area contributed by atoms with Crippen LogP contribution in [0.2, 0.25) is 5.02 Å². The molecular weight excluding hydrogens is 359 g/mol. The number of halogens is 2. The monoisotopic (exact) mass is 372 g/mol. The Morgan fingerprint density at radius 2 is 1.88 bits per heavy atom. The van der Waals surface area contributed by atoms with Gasteiger partial charge in [-0.1, -0.05) is 23.7 Å². The molecule has 24 heavy (non-hydrogen) atoms. The van der Waals surface area contributed by atoms with Crippen molar-refractivity contribution in [2.24, 2.45) is 0 Å². The highest BCUT2D eigenvalue weighted by Crippen LogP contribution is 2.28. The van der Waals surface area contributed by atoms with Gasteiger partial charge in [0.15, 0.2) is 0 Å². The molecule has 0 amide bonds. The molecule has 0 fully saturated rings. The summed E-state index contributed by atoms with van der Waals surface area (Å²) in [6, 6.07) is 7.85. The van der Waals surface area contributed by atoms with Gasteiger partial charge in [0, 0.05) is 35.8 Å². The van der Waals surface area contributed by atoms with Crippen LogP contribution in [0.5, 0.6) is 0 Å². The van der Waals surface area contributed by atoms with Crippen molar-refractivity contribution >= 4 is 27.3 Å². The highest BCUT2D eigenvalue weighted by Gasteiger charge is 2.27. The van der Waals surface area contributed by atoms with Crippen LogP contribution in [0.4, 0.5) is 10.1 Å². The molecule has 0 atom stereocenters. The van der Waals surface area contributed by atoms with Crippen molar-refractivity contribution in [3.63, 3.8) is 0 Å². The fraction of sp³-hybridized carbons (Fsp3) is 0.200. The first kappa shape index (κ1) is 18.3. The second-order valence-corrected chi connectivity index (χ2v) is 7.54. The van der Waals surface area contributed by atoms with E-state index in [9.17, 15) is 22.9 Å². The van der Waals surface area contributed by atoms with Gasteiger partial charge in [-0.2, -0.15) is 4.31 Å². The normalized spacial score (nSPS) is 11.7. The maximum absolute atomic E-state index is 13.9. The molecule has 0 aliphatic carbocycles. The van der Waals surface area contributed by atoms with Gasteiger partial charge >= 0.3 is 0 Å². The van der Waals surface area contributed by atoms with E-state index in [-0.39, 0.29) is 33.3 Å². The lowest BCUT2D eigenvalue weighted by molar-refractivity contribution is -0.385. The Morgan fingerprint density at radius 1 is 1.25 bits per heavy atom. The minimum absolute atomic E-state index is 0.0222. The fourth-order valence-corrected chi connectivity index (χ4v) is 3.84. The maximum Gasteiger partial charge on any atom is 0.273 e. The van der Waals surface area contributed by atoms with E-state index < -0.39 is 20.8 Å². The lowest BCUT2D eigenvalue weighted by Gasteiger charge is -2.19. The Kier molecular flexibility index (Phi) is 5.22. The molecule has 2 aromatic carbocycles. The topological polar surface area (TPSA) is 80.5 Å². The highest BCUT2D eigenvalue weighted by atomic mass is 35.5. The molecule has 2 rings (SSSR count). The third-order valence-corrected chi connectivity index (χ3v) is 5.88. The summed E-state index contributed by atoms with van der Waals surface area (Å²) >= 11 is 5.92. The standard InChI is InChI=1S/C15H14ClFN2O4S/c1-10-14(19(20)21)7-4-8-15(10)24(22,23)18(2)9-11-12(16)5-3-6-13(11)17/h3-8H,9H2,1-2H3. The molecule has 9 heteroatoms. The van der Waals surface area contributed by atoms with Gasteiger partial charge in [0.25, 0.3) is 5.69 Å². The molecule has 0 saturated heterocycles. The van der Waals surface area contributed by atoms with Crippen LogP contribution in [0, 0.1) is 22.9 Å². The quantitative estimate of drug-likeness (QED) is 0.594. The van der Waals surface area contributed by atoms with Gasteiger partial charge in [-0.05, 0) is 25.1 Å². The summed E-state index contributed by atoms with van der Waals surface area (Å²) in [6.45, 7) is 1.06. The molecule has 0 radical (unpaired) electrons. The molecule has 128 valence electrons. The lowest BCUT2D eigenvalue weighted by Crippen LogP contribution is -2.27. The largest absolute Gasteiger partial charge is 0.273 e. The number of sulfonamides is 1. The first-order chi connectivity index (χ1) is 11.2. The summed E-state index contributed by atoms with van der Waals surface area (Å²) in [5, 5.41) is 11.1. The second-order valence-electron chi connectivity index (χ2n) is 5.12. The van der Waals surface area contributed by atoms with Gasteiger partial charge < -0.3 is 0 Å². The first-order valence-corrected chi connectivity index (χ1v) is 8.61. The van der Waals surface area contributed by atoms with Crippen molar-refractivity contribution in [2.75, 3.05) is 7.05 Å². The Hall–Kier alpha value is -2.03. The first-order valence-electron chi connectivity index (χ1n) is 6.79. The molecule has 0 aliphatic heterocycles. The van der Waals surface area contributed by atoms with Crippen molar-refractivity contribution < 1.29 is 17.7 Å². The predicted molar refractivity (Wildman–Crippen MR) is 87.9 cm³/mol. The van der Waals surface area contributed by atoms with Crippen LogP contribution in [0.25, 0.3) is 0 Å². The summed E-state index contributed by atoms with van der Waals surface area (Å²) in [7, 11) is -2.79. The van der Waals surface area contributed by atoms with Gasteiger partial charge in [-0.15, -0.1) is 0 Å². The lowest BCUT2D eigenvalue weighted by atomic mass is 10.2. The molecule has 0 heterocycles. The van der Waals surface area contributed by atoms with Crippen LogP contribution >= 0.6 is 11.6 Å². The Bertz CT molecular complexity index is 882. The van der Waals surface area contributed by atoms with Crippen LogP contribution in [-0.2, 0) is 16.6 Å². The highest BCUT2D eigenvalue weighted by molar-refractivity contribution is 7.89. The van der Waals surface area contributed by atoms with Crippen molar-refractivity contribution in [1.29, 1.82) is 0 Å². The van der Waals surface area contributed by atoms with E-state index in [1.807, 2.05) is 0 Å².